The van der Waals surface area contributed by atoms with E-state index in [2.05, 4.69) is 54.5 Å². The van der Waals surface area contributed by atoms with Gasteiger partial charge >= 0.3 is 26.0 Å². The Kier molecular flexibility index (Phi) is 16.6. The summed E-state index contributed by atoms with van der Waals surface area (Å²) in [5.74, 6) is -0.863. The van der Waals surface area contributed by atoms with Crippen molar-refractivity contribution in [3.8, 4) is 21.7 Å². The summed E-state index contributed by atoms with van der Waals surface area (Å²) in [6, 6.07) is 5.42. The van der Waals surface area contributed by atoms with Crippen molar-refractivity contribution >= 4 is 56.2 Å². The van der Waals surface area contributed by atoms with Crippen LogP contribution in [0.3, 0.4) is 0 Å². The summed E-state index contributed by atoms with van der Waals surface area (Å²) >= 11 is 0.761. The molecule has 4 rings (SSSR count). The van der Waals surface area contributed by atoms with E-state index in [1.54, 1.807) is 66.7 Å². The summed E-state index contributed by atoms with van der Waals surface area (Å²) in [5.41, 5.74) is -2.84. The number of thiazole rings is 1. The molecule has 20 heteroatoms. The Balaban J connectivity index is 1.86. The minimum atomic E-state index is -4.71. The summed E-state index contributed by atoms with van der Waals surface area (Å²) < 4.78 is 86.2. The van der Waals surface area contributed by atoms with Crippen molar-refractivity contribution in [2.24, 2.45) is 5.41 Å². The SMILES string of the molecule is CCNC(=O)Nc1cc(-c2nc(C(F)(F)F)cs2)c(-c2ccc3c(c2)c(=O)c(C(=O)OCCCOP(=O)(OC(C)(C)C)OC(C)(C)C)cn3C(CO[Si](C)(C)C(C)(C)C)C(C)(C)C)cn1. The highest BCUT2D eigenvalue weighted by atomic mass is 32.1. The Labute approximate surface area is 385 Å². The molecule has 0 fully saturated rings. The highest BCUT2D eigenvalue weighted by Crippen LogP contribution is 2.55. The van der Waals surface area contributed by atoms with Crippen LogP contribution in [0.1, 0.15) is 119 Å². The summed E-state index contributed by atoms with van der Waals surface area (Å²) in [6.45, 7) is 29.0. The van der Waals surface area contributed by atoms with E-state index >= 15 is 0 Å². The van der Waals surface area contributed by atoms with Gasteiger partial charge in [0.05, 0.1) is 42.6 Å². The van der Waals surface area contributed by atoms with Crippen molar-refractivity contribution in [3.05, 3.63) is 63.5 Å². The summed E-state index contributed by atoms with van der Waals surface area (Å²) in [4.78, 5) is 49.3. The van der Waals surface area contributed by atoms with Crippen LogP contribution in [0.25, 0.3) is 32.6 Å². The van der Waals surface area contributed by atoms with Crippen LogP contribution in [-0.2, 0) is 33.5 Å². The number of phosphoric acid groups is 1. The summed E-state index contributed by atoms with van der Waals surface area (Å²) in [6.07, 6.45) is -1.76. The molecule has 2 amide bonds. The van der Waals surface area contributed by atoms with Gasteiger partial charge in [-0.3, -0.25) is 23.7 Å². The maximum Gasteiger partial charge on any atom is 0.475 e. The molecular formula is C45H65F3N5O9PSSi. The van der Waals surface area contributed by atoms with Gasteiger partial charge in [-0.15, -0.1) is 11.3 Å². The van der Waals surface area contributed by atoms with Crippen LogP contribution in [0.5, 0.6) is 0 Å². The lowest BCUT2D eigenvalue weighted by Gasteiger charge is -2.40. The Morgan fingerprint density at radius 1 is 0.923 bits per heavy atom. The third kappa shape index (κ3) is 14.5. The van der Waals surface area contributed by atoms with Crippen LogP contribution in [0.15, 0.2) is 46.8 Å². The number of anilines is 1. The molecule has 1 atom stereocenters. The fourth-order valence-corrected chi connectivity index (χ4v) is 9.88. The largest absolute Gasteiger partial charge is 0.475 e. The molecule has 0 bridgehead atoms. The minimum Gasteiger partial charge on any atom is -0.462 e. The molecule has 0 aliphatic heterocycles. The zero-order valence-corrected chi connectivity index (χ0v) is 42.9. The van der Waals surface area contributed by atoms with E-state index < -0.39 is 68.1 Å². The molecule has 4 aromatic rings. The highest BCUT2D eigenvalue weighted by molar-refractivity contribution is 7.48. The second-order valence-corrected chi connectivity index (χ2v) is 27.5. The van der Waals surface area contributed by atoms with Gasteiger partial charge in [0.25, 0.3) is 0 Å². The first-order valence-corrected chi connectivity index (χ1v) is 26.6. The molecule has 3 aromatic heterocycles. The molecule has 0 aliphatic carbocycles. The predicted molar refractivity (Wildman–Crippen MR) is 252 cm³/mol. The van der Waals surface area contributed by atoms with Crippen molar-refractivity contribution in [2.75, 3.05) is 31.7 Å². The maximum atomic E-state index is 14.6. The van der Waals surface area contributed by atoms with Gasteiger partial charge in [0.2, 0.25) is 5.43 Å². The molecule has 0 saturated heterocycles. The minimum absolute atomic E-state index is 0.00522. The summed E-state index contributed by atoms with van der Waals surface area (Å²) in [7, 11) is -6.35. The molecule has 65 heavy (non-hydrogen) atoms. The fraction of sp³-hybridized carbons (Fsp3) is 0.578. The zero-order valence-electron chi connectivity index (χ0n) is 40.2. The number of nitrogens with one attached hydrogen (secondary N) is 2. The van der Waals surface area contributed by atoms with E-state index in [4.69, 9.17) is 22.7 Å². The molecule has 1 aromatic carbocycles. The Hall–Kier alpha value is -3.97. The number of amides is 2. The number of carbonyl (C=O) groups excluding carboxylic acids is 2. The number of alkyl halides is 3. The van der Waals surface area contributed by atoms with Crippen molar-refractivity contribution in [1.29, 1.82) is 0 Å². The normalized spacial score (nSPS) is 13.8. The maximum absolute atomic E-state index is 14.6. The third-order valence-corrected chi connectivity index (χ3v) is 17.8. The number of nitrogens with zero attached hydrogens (tertiary/aromatic N) is 3. The first kappa shape index (κ1) is 53.6. The van der Waals surface area contributed by atoms with Crippen LogP contribution in [0.2, 0.25) is 18.1 Å². The van der Waals surface area contributed by atoms with Crippen molar-refractivity contribution in [2.45, 2.75) is 138 Å². The fourth-order valence-electron chi connectivity index (χ4n) is 6.18. The smallest absolute Gasteiger partial charge is 0.462 e. The number of benzene rings is 1. The number of hydrogen-bond donors (Lipinski definition) is 2. The van der Waals surface area contributed by atoms with Gasteiger partial charge in [-0.1, -0.05) is 47.6 Å². The van der Waals surface area contributed by atoms with Gasteiger partial charge < -0.3 is 19.0 Å². The van der Waals surface area contributed by atoms with Gasteiger partial charge in [0, 0.05) is 47.3 Å². The van der Waals surface area contributed by atoms with Crippen LogP contribution < -0.4 is 16.1 Å². The van der Waals surface area contributed by atoms with E-state index in [1.165, 1.54) is 18.5 Å². The lowest BCUT2D eigenvalue weighted by Crippen LogP contribution is -2.43. The molecule has 0 saturated carbocycles. The number of carbonyl (C=O) groups is 2. The Morgan fingerprint density at radius 3 is 2.09 bits per heavy atom. The molecular weight excluding hydrogens is 903 g/mol. The molecule has 3 heterocycles. The number of halogens is 3. The van der Waals surface area contributed by atoms with E-state index in [0.29, 0.717) is 23.2 Å². The Morgan fingerprint density at radius 2 is 1.55 bits per heavy atom. The van der Waals surface area contributed by atoms with Gasteiger partial charge in [0.1, 0.15) is 16.4 Å². The Bertz CT molecular complexity index is 2430. The number of fused-ring (bicyclic) bond motifs is 1. The first-order valence-electron chi connectivity index (χ1n) is 21.4. The number of esters is 1. The van der Waals surface area contributed by atoms with Crippen molar-refractivity contribution in [1.82, 2.24) is 19.9 Å². The molecule has 2 N–H and O–H groups in total. The second-order valence-electron chi connectivity index (χ2n) is 20.3. The molecule has 1 unspecified atom stereocenters. The topological polar surface area (TPSA) is 169 Å². The molecule has 0 spiro atoms. The molecule has 14 nitrogen and oxygen atoms in total. The number of hydrogen-bond acceptors (Lipinski definition) is 12. The van der Waals surface area contributed by atoms with Crippen molar-refractivity contribution < 1.29 is 50.1 Å². The van der Waals surface area contributed by atoms with Crippen molar-refractivity contribution in [3.63, 3.8) is 0 Å². The molecule has 0 aliphatic rings. The van der Waals surface area contributed by atoms with Crippen LogP contribution in [-0.4, -0.2) is 72.4 Å². The van der Waals surface area contributed by atoms with Crippen LogP contribution >= 0.6 is 19.2 Å². The average Bonchev–Trinajstić information content (AvgIpc) is 3.64. The number of aromatic nitrogens is 3. The highest BCUT2D eigenvalue weighted by Gasteiger charge is 2.40. The van der Waals surface area contributed by atoms with Gasteiger partial charge in [0.15, 0.2) is 14.0 Å². The summed E-state index contributed by atoms with van der Waals surface area (Å²) in [5, 5.41) is 6.07. The quantitative estimate of drug-likeness (QED) is 0.0474. The molecule has 360 valence electrons. The number of pyridine rings is 2. The molecule has 0 radical (unpaired) electrons. The number of urea groups is 1. The van der Waals surface area contributed by atoms with E-state index in [-0.39, 0.29) is 58.6 Å². The number of rotatable bonds is 16. The van der Waals surface area contributed by atoms with Gasteiger partial charge in [-0.25, -0.2) is 24.1 Å². The number of phosphoric ester groups is 1. The number of ether oxygens (including phenoxy) is 1. The third-order valence-electron chi connectivity index (χ3n) is 10.4. The van der Waals surface area contributed by atoms with Gasteiger partial charge in [-0.2, -0.15) is 13.2 Å². The first-order chi connectivity index (χ1) is 29.6. The van der Waals surface area contributed by atoms with E-state index in [1.807, 2.05) is 25.3 Å². The standard InChI is InChI=1S/C45H65F3N5O9PSSi/c1-16-49-40(56)52-36-23-29(38-51-34(27-64-38)45(46,47)48)31(24-50-36)28-18-19-33-30(22-28)37(54)32(25-53(33)35(41(2,3)4)26-60-65(14,15)44(11,12)13)39(55)58-20-17-21-59-63(57,61-42(5,6)7)62-43(8,9)10/h18-19,22-25,27,35H,16-17,20-21,26H2,1-15H3,(H2,49,50,52,56). The van der Waals surface area contributed by atoms with Crippen LogP contribution in [0.4, 0.5) is 23.8 Å². The lowest BCUT2D eigenvalue weighted by molar-refractivity contribution is -0.140. The van der Waals surface area contributed by atoms with Crippen LogP contribution in [0, 0.1) is 5.41 Å². The van der Waals surface area contributed by atoms with E-state index in [0.717, 1.165) is 16.7 Å². The lowest BCUT2D eigenvalue weighted by atomic mass is 9.86. The monoisotopic (exact) mass is 967 g/mol. The van der Waals surface area contributed by atoms with Gasteiger partial charge in [-0.05, 0) is 95.8 Å². The second kappa shape index (κ2) is 20.1. The predicted octanol–water partition coefficient (Wildman–Crippen LogP) is 12.3. The zero-order chi connectivity index (χ0) is 49.1. The van der Waals surface area contributed by atoms with E-state index in [9.17, 15) is 32.1 Å². The average molecular weight is 968 g/mol.